The van der Waals surface area contributed by atoms with Crippen molar-refractivity contribution in [2.24, 2.45) is 11.1 Å². The van der Waals surface area contributed by atoms with Gasteiger partial charge in [-0.25, -0.2) is 0 Å². The van der Waals surface area contributed by atoms with Gasteiger partial charge in [0.05, 0.1) is 17.9 Å². The molecule has 2 aromatic rings. The number of nitrogens with two attached hydrogens (primary N) is 1. The Morgan fingerprint density at radius 1 is 0.893 bits per heavy atom. The van der Waals surface area contributed by atoms with Gasteiger partial charge in [-0.15, -0.1) is 0 Å². The molecule has 28 heavy (non-hydrogen) atoms. The molecule has 0 saturated carbocycles. The van der Waals surface area contributed by atoms with Crippen LogP contribution in [-0.2, 0) is 9.59 Å². The van der Waals surface area contributed by atoms with E-state index in [1.807, 2.05) is 12.1 Å². The minimum atomic E-state index is -0.940. The fraction of sp³-hybridized carbons (Fsp3) is 0.348. The zero-order valence-electron chi connectivity index (χ0n) is 16.5. The lowest BCUT2D eigenvalue weighted by molar-refractivity contribution is -0.134. The monoisotopic (exact) mass is 378 g/mol. The molecule has 5 heteroatoms. The topological polar surface area (TPSA) is 66.6 Å². The van der Waals surface area contributed by atoms with Gasteiger partial charge in [0.15, 0.2) is 0 Å². The molecule has 1 radical (unpaired) electrons. The van der Waals surface area contributed by atoms with Crippen LogP contribution in [0.1, 0.15) is 31.0 Å². The number of rotatable bonds is 6. The van der Waals surface area contributed by atoms with Gasteiger partial charge in [0, 0.05) is 26.2 Å². The van der Waals surface area contributed by atoms with E-state index in [0.29, 0.717) is 13.1 Å². The first kappa shape index (κ1) is 20.1. The highest BCUT2D eigenvalue weighted by molar-refractivity contribution is 5.94. The molecule has 1 aliphatic rings. The molecule has 1 heterocycles. The summed E-state index contributed by atoms with van der Waals surface area (Å²) in [6.07, 6.45) is 1.44. The molecule has 3 rings (SSSR count). The van der Waals surface area contributed by atoms with Gasteiger partial charge in [-0.2, -0.15) is 0 Å². The third-order valence-electron chi connectivity index (χ3n) is 5.34. The van der Waals surface area contributed by atoms with Crippen molar-refractivity contribution in [1.82, 2.24) is 9.80 Å². The lowest BCUT2D eigenvalue weighted by Crippen LogP contribution is -2.51. The van der Waals surface area contributed by atoms with Crippen LogP contribution in [-0.4, -0.2) is 47.8 Å². The number of carbonyl (C=O) groups is 2. The van der Waals surface area contributed by atoms with Gasteiger partial charge in [0.25, 0.3) is 0 Å². The Labute approximate surface area is 167 Å². The second-order valence-corrected chi connectivity index (χ2v) is 7.82. The van der Waals surface area contributed by atoms with E-state index in [4.69, 9.17) is 5.73 Å². The molecular formula is C23H28N3O2. The third kappa shape index (κ3) is 4.60. The summed E-state index contributed by atoms with van der Waals surface area (Å²) in [6.45, 7) is 6.13. The normalized spacial score (nSPS) is 15.6. The molecule has 0 aromatic heterocycles. The maximum atomic E-state index is 12.6. The summed E-state index contributed by atoms with van der Waals surface area (Å²) in [7, 11) is 0. The maximum Gasteiger partial charge on any atom is 0.227 e. The molecule has 2 amide bonds. The summed E-state index contributed by atoms with van der Waals surface area (Å²) in [5, 5.41) is 0. The molecule has 0 bridgehead atoms. The Balaban J connectivity index is 1.71. The van der Waals surface area contributed by atoms with Crippen LogP contribution < -0.4 is 5.73 Å². The highest BCUT2D eigenvalue weighted by atomic mass is 16.2. The second-order valence-electron chi connectivity index (χ2n) is 7.82. The third-order valence-corrected chi connectivity index (χ3v) is 5.34. The smallest absolute Gasteiger partial charge is 0.227 e. The molecule has 2 aromatic carbocycles. The van der Waals surface area contributed by atoms with Gasteiger partial charge in [-0.05, 0) is 11.1 Å². The van der Waals surface area contributed by atoms with Crippen LogP contribution in [0.25, 0.3) is 0 Å². The number of amides is 2. The van der Waals surface area contributed by atoms with Crippen LogP contribution in [0, 0.1) is 11.8 Å². The van der Waals surface area contributed by atoms with E-state index in [9.17, 15) is 9.59 Å². The molecule has 5 nitrogen and oxygen atoms in total. The van der Waals surface area contributed by atoms with Crippen molar-refractivity contribution in [2.75, 3.05) is 26.2 Å². The van der Waals surface area contributed by atoms with Crippen LogP contribution >= 0.6 is 0 Å². The fourth-order valence-corrected chi connectivity index (χ4v) is 3.56. The standard InChI is InChI=1S/C23H28N3O2/c1-23(2,22(24)28)17-20(27)25-13-15-26(16-14-25)21(18-9-5-3-6-10-18)19-11-7-4-8-12-19/h3-12,17,21H,13-16H2,1-2H3,(H2,24,28). The van der Waals surface area contributed by atoms with Crippen molar-refractivity contribution in [1.29, 1.82) is 0 Å². The quantitative estimate of drug-likeness (QED) is 0.840. The summed E-state index contributed by atoms with van der Waals surface area (Å²) in [6, 6.07) is 21.1. The molecule has 0 unspecified atom stereocenters. The summed E-state index contributed by atoms with van der Waals surface area (Å²) in [4.78, 5) is 28.3. The minimum Gasteiger partial charge on any atom is -0.369 e. The summed E-state index contributed by atoms with van der Waals surface area (Å²) < 4.78 is 0. The number of piperazine rings is 1. The number of primary amides is 1. The Morgan fingerprint density at radius 2 is 1.36 bits per heavy atom. The average Bonchev–Trinajstić information content (AvgIpc) is 2.70. The maximum absolute atomic E-state index is 12.6. The molecule has 0 spiro atoms. The number of hydrogen-bond acceptors (Lipinski definition) is 3. The molecule has 1 aliphatic heterocycles. The van der Waals surface area contributed by atoms with E-state index < -0.39 is 11.3 Å². The zero-order chi connectivity index (χ0) is 20.1. The van der Waals surface area contributed by atoms with Crippen molar-refractivity contribution < 1.29 is 9.59 Å². The van der Waals surface area contributed by atoms with E-state index in [1.165, 1.54) is 17.5 Å². The van der Waals surface area contributed by atoms with Gasteiger partial charge in [0.1, 0.15) is 0 Å². The van der Waals surface area contributed by atoms with Crippen molar-refractivity contribution >= 4 is 11.8 Å². The Bertz CT molecular complexity index is 758. The van der Waals surface area contributed by atoms with Gasteiger partial charge >= 0.3 is 0 Å². The van der Waals surface area contributed by atoms with Gasteiger partial charge in [-0.3, -0.25) is 14.5 Å². The van der Waals surface area contributed by atoms with E-state index in [2.05, 4.69) is 53.4 Å². The van der Waals surface area contributed by atoms with Gasteiger partial charge < -0.3 is 10.6 Å². The van der Waals surface area contributed by atoms with E-state index in [1.54, 1.807) is 18.7 Å². The van der Waals surface area contributed by atoms with Crippen LogP contribution in [0.2, 0.25) is 0 Å². The zero-order valence-corrected chi connectivity index (χ0v) is 16.5. The lowest BCUT2D eigenvalue weighted by Gasteiger charge is -2.40. The lowest BCUT2D eigenvalue weighted by atomic mass is 9.88. The first-order chi connectivity index (χ1) is 13.4. The number of carbonyl (C=O) groups excluding carboxylic acids is 2. The van der Waals surface area contributed by atoms with Crippen LogP contribution in [0.15, 0.2) is 60.7 Å². The Hall–Kier alpha value is -2.66. The molecule has 0 atom stereocenters. The summed E-state index contributed by atoms with van der Waals surface area (Å²) >= 11 is 0. The Kier molecular flexibility index (Phi) is 6.15. The van der Waals surface area contributed by atoms with Crippen LogP contribution in [0.5, 0.6) is 0 Å². The van der Waals surface area contributed by atoms with Crippen molar-refractivity contribution in [2.45, 2.75) is 19.9 Å². The van der Waals surface area contributed by atoms with Crippen LogP contribution in [0.3, 0.4) is 0 Å². The molecule has 1 fully saturated rings. The molecule has 0 aliphatic carbocycles. The SMILES string of the molecule is CC(C)([CH]C(=O)N1CCN(C(c2ccccc2)c2ccccc2)CC1)C(N)=O. The summed E-state index contributed by atoms with van der Waals surface area (Å²) in [5.41, 5.74) is 6.94. The summed E-state index contributed by atoms with van der Waals surface area (Å²) in [5.74, 6) is -0.618. The van der Waals surface area contributed by atoms with Crippen molar-refractivity contribution in [3.8, 4) is 0 Å². The predicted molar refractivity (Wildman–Crippen MR) is 110 cm³/mol. The second kappa shape index (κ2) is 8.57. The highest BCUT2D eigenvalue weighted by Gasteiger charge is 2.33. The van der Waals surface area contributed by atoms with Gasteiger partial charge in [-0.1, -0.05) is 74.5 Å². The van der Waals surface area contributed by atoms with Crippen molar-refractivity contribution in [3.05, 3.63) is 78.2 Å². The Morgan fingerprint density at radius 3 is 1.79 bits per heavy atom. The number of hydrogen-bond donors (Lipinski definition) is 1. The number of nitrogens with zero attached hydrogens (tertiary/aromatic N) is 2. The van der Waals surface area contributed by atoms with Gasteiger partial charge in [0.2, 0.25) is 11.8 Å². The minimum absolute atomic E-state index is 0.126. The molecular weight excluding hydrogens is 350 g/mol. The largest absolute Gasteiger partial charge is 0.369 e. The van der Waals surface area contributed by atoms with E-state index in [-0.39, 0.29) is 11.9 Å². The van der Waals surface area contributed by atoms with E-state index in [0.717, 1.165) is 13.1 Å². The first-order valence-electron chi connectivity index (χ1n) is 9.67. The average molecular weight is 378 g/mol. The fourth-order valence-electron chi connectivity index (χ4n) is 3.56. The molecule has 1 saturated heterocycles. The highest BCUT2D eigenvalue weighted by Crippen LogP contribution is 2.30. The number of benzene rings is 2. The molecule has 147 valence electrons. The molecule has 2 N–H and O–H groups in total. The van der Waals surface area contributed by atoms with Crippen molar-refractivity contribution in [3.63, 3.8) is 0 Å². The predicted octanol–water partition coefficient (Wildman–Crippen LogP) is 2.64. The first-order valence-corrected chi connectivity index (χ1v) is 9.67. The van der Waals surface area contributed by atoms with E-state index >= 15 is 0 Å². The van der Waals surface area contributed by atoms with Crippen LogP contribution in [0.4, 0.5) is 0 Å².